The number of alkyl halides is 1. The van der Waals surface area contributed by atoms with Crippen molar-refractivity contribution >= 4 is 41.4 Å². The number of halogens is 2. The summed E-state index contributed by atoms with van der Waals surface area (Å²) in [6, 6.07) is 12.3. The van der Waals surface area contributed by atoms with E-state index >= 15 is 4.39 Å². The summed E-state index contributed by atoms with van der Waals surface area (Å²) in [6.45, 7) is 17.5. The first kappa shape index (κ1) is 39.7. The van der Waals surface area contributed by atoms with E-state index in [1.165, 1.54) is 6.07 Å². The monoisotopic (exact) mass is 805 g/mol. The summed E-state index contributed by atoms with van der Waals surface area (Å²) < 4.78 is 45.2. The van der Waals surface area contributed by atoms with Crippen LogP contribution in [0.15, 0.2) is 48.7 Å². The summed E-state index contributed by atoms with van der Waals surface area (Å²) in [4.78, 5) is 23.0. The van der Waals surface area contributed by atoms with Crippen molar-refractivity contribution in [3.63, 3.8) is 0 Å². The Hall–Kier alpha value is -5.06. The number of fused-ring (bicyclic) bond motifs is 2. The molecule has 58 heavy (non-hydrogen) atoms. The SMILES string of the molecule is CC(C)[Si](C#Cc1cccc2cc(O)cc(-c3nc4c5c(nc(OC[C@@]67CCCN6C[C@H](F)C7)nc5c3F)N([C@H](C)c3cccnc3N)CCO4)c12)(C(C)C)C(C)C. The third-order valence-electron chi connectivity index (χ3n) is 13.1. The first-order valence-electron chi connectivity index (χ1n) is 20.6. The maximum Gasteiger partial charge on any atom is 0.319 e. The van der Waals surface area contributed by atoms with Gasteiger partial charge < -0.3 is 25.2 Å². The van der Waals surface area contributed by atoms with Crippen LogP contribution < -0.4 is 20.1 Å². The fourth-order valence-electron chi connectivity index (χ4n) is 10.3. The van der Waals surface area contributed by atoms with E-state index in [2.05, 4.69) is 62.9 Å². The molecule has 0 spiro atoms. The lowest BCUT2D eigenvalue weighted by atomic mass is 9.95. The van der Waals surface area contributed by atoms with E-state index in [1.807, 2.05) is 42.2 Å². The minimum atomic E-state index is -2.14. The molecule has 13 heteroatoms. The number of aromatic hydroxyl groups is 1. The fourth-order valence-corrected chi connectivity index (χ4v) is 15.5. The van der Waals surface area contributed by atoms with Crippen LogP contribution in [0, 0.1) is 17.3 Å². The molecule has 0 amide bonds. The second-order valence-electron chi connectivity index (χ2n) is 17.2. The number of nitrogens with zero attached hydrogens (tertiary/aromatic N) is 6. The minimum Gasteiger partial charge on any atom is -0.508 e. The van der Waals surface area contributed by atoms with Gasteiger partial charge in [0.05, 0.1) is 18.1 Å². The van der Waals surface area contributed by atoms with E-state index in [4.69, 9.17) is 30.2 Å². The van der Waals surface area contributed by atoms with Gasteiger partial charge in [-0.3, -0.25) is 4.90 Å². The van der Waals surface area contributed by atoms with Crippen LogP contribution in [-0.4, -0.2) is 82.6 Å². The number of ether oxygens (including phenoxy) is 2. The van der Waals surface area contributed by atoms with Crippen LogP contribution in [0.4, 0.5) is 20.4 Å². The highest BCUT2D eigenvalue weighted by atomic mass is 28.3. The molecule has 3 N–H and O–H groups in total. The number of nitrogens with two attached hydrogens (primary N) is 1. The van der Waals surface area contributed by atoms with Crippen LogP contribution in [0.2, 0.25) is 16.6 Å². The van der Waals surface area contributed by atoms with E-state index in [-0.39, 0.29) is 53.5 Å². The van der Waals surface area contributed by atoms with E-state index in [1.54, 1.807) is 12.3 Å². The molecule has 0 unspecified atom stereocenters. The lowest BCUT2D eigenvalue weighted by Gasteiger charge is -2.38. The zero-order valence-corrected chi connectivity index (χ0v) is 35.4. The Bertz CT molecular complexity index is 2430. The van der Waals surface area contributed by atoms with Crippen LogP contribution in [0.25, 0.3) is 32.9 Å². The molecule has 0 bridgehead atoms. The smallest absolute Gasteiger partial charge is 0.319 e. The second kappa shape index (κ2) is 15.3. The minimum absolute atomic E-state index is 0.0315. The highest BCUT2D eigenvalue weighted by molar-refractivity contribution is 6.90. The standard InChI is InChI=1S/C45H53F2N7O3Si/c1-26(2)58(27(3)4,28(5)6)20-14-30-11-8-12-31-21-33(55)22-35(36(30)31)39-38(47)40-37-42(52-44(51-40)57-25-45-15-10-17-53(45)24-32(46)23-45)54(18-19-56-43(37)50-39)29(7)34-13-9-16-49-41(34)48/h8-9,11-13,16,21-22,26-29,32,55H,10,15,17-19,23-25H2,1-7H3,(H2,48,49)/t29-,32-,45+/m1/s1. The molecule has 10 nitrogen and oxygen atoms in total. The van der Waals surface area contributed by atoms with Crippen molar-refractivity contribution in [2.24, 2.45) is 0 Å². The van der Waals surface area contributed by atoms with Crippen molar-refractivity contribution in [2.45, 2.75) is 102 Å². The number of rotatable bonds is 9. The van der Waals surface area contributed by atoms with Gasteiger partial charge in [-0.15, -0.1) is 5.54 Å². The normalized spacial score (nSPS) is 20.1. The summed E-state index contributed by atoms with van der Waals surface area (Å²) in [5.41, 5.74) is 12.7. The first-order valence-corrected chi connectivity index (χ1v) is 22.8. The highest BCUT2D eigenvalue weighted by Gasteiger charge is 2.49. The molecule has 3 aliphatic rings. The zero-order chi connectivity index (χ0) is 41.1. The molecule has 0 aliphatic carbocycles. The summed E-state index contributed by atoms with van der Waals surface area (Å²) in [5, 5.41) is 12.8. The molecule has 8 rings (SSSR count). The van der Waals surface area contributed by atoms with Gasteiger partial charge in [0.1, 0.15) is 61.4 Å². The Kier molecular flexibility index (Phi) is 10.5. The van der Waals surface area contributed by atoms with Crippen LogP contribution in [0.5, 0.6) is 17.6 Å². The van der Waals surface area contributed by atoms with Crippen LogP contribution in [-0.2, 0) is 0 Å². The predicted molar refractivity (Wildman–Crippen MR) is 228 cm³/mol. The molecule has 3 atom stereocenters. The molecule has 0 saturated carbocycles. The first-order chi connectivity index (χ1) is 27.7. The lowest BCUT2D eigenvalue weighted by Crippen LogP contribution is -2.43. The Morgan fingerprint density at radius 2 is 1.79 bits per heavy atom. The van der Waals surface area contributed by atoms with Gasteiger partial charge in [0.25, 0.3) is 0 Å². The second-order valence-corrected chi connectivity index (χ2v) is 22.8. The fraction of sp³-hybridized carbons (Fsp3) is 0.467. The van der Waals surface area contributed by atoms with Crippen molar-refractivity contribution in [3.8, 4) is 40.4 Å². The third-order valence-corrected chi connectivity index (χ3v) is 19.4. The highest BCUT2D eigenvalue weighted by Crippen LogP contribution is 2.46. The maximum atomic E-state index is 17.7. The molecule has 3 aromatic heterocycles. The molecule has 0 radical (unpaired) electrons. The van der Waals surface area contributed by atoms with Gasteiger partial charge in [0.2, 0.25) is 5.88 Å². The zero-order valence-electron chi connectivity index (χ0n) is 34.4. The lowest BCUT2D eigenvalue weighted by molar-refractivity contribution is 0.107. The molecule has 2 fully saturated rings. The summed E-state index contributed by atoms with van der Waals surface area (Å²) in [7, 11) is -2.14. The summed E-state index contributed by atoms with van der Waals surface area (Å²) in [6.07, 6.45) is 2.80. The maximum absolute atomic E-state index is 17.7. The van der Waals surface area contributed by atoms with Gasteiger partial charge >= 0.3 is 6.01 Å². The Balaban J connectivity index is 1.34. The molecule has 2 aromatic carbocycles. The average Bonchev–Trinajstić information content (AvgIpc) is 3.64. The van der Waals surface area contributed by atoms with Crippen molar-refractivity contribution in [1.82, 2.24) is 24.8 Å². The molecule has 2 saturated heterocycles. The van der Waals surface area contributed by atoms with Crippen molar-refractivity contribution in [1.29, 1.82) is 0 Å². The summed E-state index contributed by atoms with van der Waals surface area (Å²) in [5.74, 6) is 3.72. The Labute approximate surface area is 340 Å². The van der Waals surface area contributed by atoms with Gasteiger partial charge in [-0.25, -0.2) is 18.7 Å². The molecule has 3 aliphatic heterocycles. The number of phenolic OH excluding ortho intramolecular Hbond substituents is 1. The van der Waals surface area contributed by atoms with E-state index < -0.39 is 25.6 Å². The number of benzene rings is 2. The molecular formula is C45H53F2N7O3Si. The van der Waals surface area contributed by atoms with Crippen molar-refractivity contribution in [3.05, 3.63) is 65.6 Å². The number of pyridine rings is 2. The number of phenols is 1. The van der Waals surface area contributed by atoms with Gasteiger partial charge in [-0.05, 0) is 72.6 Å². The number of hydrogen-bond acceptors (Lipinski definition) is 10. The van der Waals surface area contributed by atoms with E-state index in [9.17, 15) is 9.50 Å². The predicted octanol–water partition coefficient (Wildman–Crippen LogP) is 9.15. The van der Waals surface area contributed by atoms with E-state index in [0.29, 0.717) is 64.1 Å². The van der Waals surface area contributed by atoms with Crippen LogP contribution in [0.1, 0.15) is 84.9 Å². The average molecular weight is 806 g/mol. The number of aromatic nitrogens is 4. The molecule has 6 heterocycles. The Morgan fingerprint density at radius 1 is 1.02 bits per heavy atom. The largest absolute Gasteiger partial charge is 0.508 e. The number of anilines is 2. The number of nitrogen functional groups attached to an aromatic ring is 1. The van der Waals surface area contributed by atoms with Crippen molar-refractivity contribution < 1.29 is 23.4 Å². The third kappa shape index (κ3) is 6.68. The van der Waals surface area contributed by atoms with Crippen LogP contribution in [0.3, 0.4) is 0 Å². The topological polar surface area (TPSA) is 123 Å². The quantitative estimate of drug-likeness (QED) is 0.110. The van der Waals surface area contributed by atoms with Crippen molar-refractivity contribution in [2.75, 3.05) is 43.5 Å². The van der Waals surface area contributed by atoms with Crippen LogP contribution >= 0.6 is 0 Å². The van der Waals surface area contributed by atoms with Gasteiger partial charge in [-0.2, -0.15) is 9.97 Å². The summed E-state index contributed by atoms with van der Waals surface area (Å²) >= 11 is 0. The molecule has 5 aromatic rings. The molecule has 304 valence electrons. The number of hydrogen-bond donors (Lipinski definition) is 2. The molecular weight excluding hydrogens is 753 g/mol. The van der Waals surface area contributed by atoms with E-state index in [0.717, 1.165) is 30.5 Å². The van der Waals surface area contributed by atoms with Gasteiger partial charge in [0, 0.05) is 41.2 Å². The Morgan fingerprint density at radius 3 is 2.53 bits per heavy atom. The van der Waals surface area contributed by atoms with Gasteiger partial charge in [0.15, 0.2) is 5.82 Å². The van der Waals surface area contributed by atoms with Gasteiger partial charge in [-0.1, -0.05) is 65.7 Å².